The average Bonchev–Trinajstić information content (AvgIpc) is 3.34. The lowest BCUT2D eigenvalue weighted by molar-refractivity contribution is 0.00823. The molecule has 2 saturated heterocycles. The third-order valence-corrected chi connectivity index (χ3v) is 6.60. The number of halogens is 2. The molecule has 1 aromatic heterocycles. The maximum Gasteiger partial charge on any atom is 0.164 e. The fourth-order valence-electron chi connectivity index (χ4n) is 3.83. The van der Waals surface area contributed by atoms with Crippen molar-refractivity contribution in [1.29, 1.82) is 0 Å². The monoisotopic (exact) mass is 507 g/mol. The number of aromatic nitrogens is 2. The number of ether oxygens (including phenoxy) is 4. The SMILES string of the molecule is COc1cc2c(Nc3ccc(Br)c(Cl)c3)ncnc2cc1O[C@@H]1CO[C@@H]2[C@H]1OC[C@@H]2O. The van der Waals surface area contributed by atoms with E-state index >= 15 is 0 Å². The molecule has 8 nitrogen and oxygen atoms in total. The van der Waals surface area contributed by atoms with Crippen molar-refractivity contribution >= 4 is 49.9 Å². The van der Waals surface area contributed by atoms with Crippen LogP contribution < -0.4 is 14.8 Å². The first-order chi connectivity index (χ1) is 15.0. The van der Waals surface area contributed by atoms with E-state index in [4.69, 9.17) is 30.5 Å². The van der Waals surface area contributed by atoms with Crippen LogP contribution in [0.4, 0.5) is 11.5 Å². The van der Waals surface area contributed by atoms with Gasteiger partial charge >= 0.3 is 0 Å². The Kier molecular flexibility index (Phi) is 5.61. The molecule has 2 aliphatic heterocycles. The van der Waals surface area contributed by atoms with Crippen molar-refractivity contribution in [3.8, 4) is 11.5 Å². The van der Waals surface area contributed by atoms with Crippen molar-refractivity contribution < 1.29 is 24.1 Å². The van der Waals surface area contributed by atoms with Crippen molar-refractivity contribution in [2.24, 2.45) is 0 Å². The number of methoxy groups -OCH3 is 1. The minimum atomic E-state index is -0.634. The van der Waals surface area contributed by atoms with Crippen LogP contribution in [0.15, 0.2) is 41.1 Å². The van der Waals surface area contributed by atoms with E-state index < -0.39 is 6.10 Å². The number of fused-ring (bicyclic) bond motifs is 2. The van der Waals surface area contributed by atoms with Gasteiger partial charge in [0.2, 0.25) is 0 Å². The summed E-state index contributed by atoms with van der Waals surface area (Å²) < 4.78 is 23.8. The summed E-state index contributed by atoms with van der Waals surface area (Å²) in [6.45, 7) is 0.570. The summed E-state index contributed by atoms with van der Waals surface area (Å²) in [6, 6.07) is 9.19. The van der Waals surface area contributed by atoms with Crippen LogP contribution in [0, 0.1) is 0 Å². The Morgan fingerprint density at radius 2 is 1.97 bits per heavy atom. The highest BCUT2D eigenvalue weighted by Crippen LogP contribution is 2.38. The van der Waals surface area contributed by atoms with Crippen LogP contribution in [-0.2, 0) is 9.47 Å². The highest BCUT2D eigenvalue weighted by Gasteiger charge is 2.48. The quantitative estimate of drug-likeness (QED) is 0.539. The van der Waals surface area contributed by atoms with E-state index in [0.29, 0.717) is 34.5 Å². The second-order valence-corrected chi connectivity index (χ2v) is 8.58. The van der Waals surface area contributed by atoms with Gasteiger partial charge in [0.25, 0.3) is 0 Å². The Balaban J connectivity index is 1.45. The molecule has 10 heteroatoms. The Morgan fingerprint density at radius 1 is 1.13 bits per heavy atom. The van der Waals surface area contributed by atoms with Gasteiger partial charge in [-0.15, -0.1) is 0 Å². The Bertz CT molecular complexity index is 1130. The zero-order valence-electron chi connectivity index (χ0n) is 16.4. The summed E-state index contributed by atoms with van der Waals surface area (Å²) in [5.41, 5.74) is 1.47. The second kappa shape index (κ2) is 8.40. The molecule has 0 bridgehead atoms. The molecule has 5 rings (SSSR count). The molecule has 162 valence electrons. The van der Waals surface area contributed by atoms with Gasteiger partial charge in [-0.1, -0.05) is 11.6 Å². The second-order valence-electron chi connectivity index (χ2n) is 7.32. The Morgan fingerprint density at radius 3 is 2.77 bits per heavy atom. The summed E-state index contributed by atoms with van der Waals surface area (Å²) in [4.78, 5) is 8.75. The van der Waals surface area contributed by atoms with Gasteiger partial charge in [0, 0.05) is 21.6 Å². The normalized spacial score (nSPS) is 24.9. The van der Waals surface area contributed by atoms with Gasteiger partial charge in [-0.05, 0) is 40.2 Å². The topological polar surface area (TPSA) is 95.0 Å². The Labute approximate surface area is 191 Å². The van der Waals surface area contributed by atoms with E-state index in [1.54, 1.807) is 19.2 Å². The molecular weight excluding hydrogens is 490 g/mol. The van der Waals surface area contributed by atoms with E-state index in [2.05, 4.69) is 31.2 Å². The predicted molar refractivity (Wildman–Crippen MR) is 118 cm³/mol. The minimum absolute atomic E-state index is 0.242. The molecule has 2 N–H and O–H groups in total. The van der Waals surface area contributed by atoms with Crippen molar-refractivity contribution in [1.82, 2.24) is 9.97 Å². The van der Waals surface area contributed by atoms with Crippen LogP contribution in [0.25, 0.3) is 10.9 Å². The molecular formula is C21H19BrClN3O5. The Hall–Kier alpha value is -2.17. The third-order valence-electron chi connectivity index (χ3n) is 5.36. The standard InChI is InChI=1S/C21H19BrClN3O5/c1-28-16-5-11-14(6-17(16)31-18-8-30-19-15(27)7-29-20(18)19)24-9-25-21(11)26-10-2-3-12(22)13(23)4-10/h2-6,9,15,18-20,27H,7-8H2,1H3,(H,24,25,26)/t15-,18+,19-,20-/m0/s1. The van der Waals surface area contributed by atoms with E-state index in [0.717, 1.165) is 15.5 Å². The molecule has 31 heavy (non-hydrogen) atoms. The van der Waals surface area contributed by atoms with Crippen molar-refractivity contribution in [3.63, 3.8) is 0 Å². The smallest absolute Gasteiger partial charge is 0.164 e. The van der Waals surface area contributed by atoms with Crippen LogP contribution in [0.1, 0.15) is 0 Å². The van der Waals surface area contributed by atoms with Crippen LogP contribution in [0.5, 0.6) is 11.5 Å². The maximum absolute atomic E-state index is 9.94. The lowest BCUT2D eigenvalue weighted by Gasteiger charge is -2.20. The molecule has 3 aromatic rings. The van der Waals surface area contributed by atoms with E-state index in [-0.39, 0.29) is 24.9 Å². The zero-order valence-corrected chi connectivity index (χ0v) is 18.8. The molecule has 0 amide bonds. The fourth-order valence-corrected chi connectivity index (χ4v) is 4.26. The molecule has 0 radical (unpaired) electrons. The lowest BCUT2D eigenvalue weighted by Crippen LogP contribution is -2.34. The van der Waals surface area contributed by atoms with Crippen LogP contribution in [0.3, 0.4) is 0 Å². The highest BCUT2D eigenvalue weighted by molar-refractivity contribution is 9.10. The van der Waals surface area contributed by atoms with Gasteiger partial charge in [-0.3, -0.25) is 0 Å². The minimum Gasteiger partial charge on any atom is -0.493 e. The number of hydrogen-bond donors (Lipinski definition) is 2. The number of aliphatic hydroxyl groups is 1. The highest BCUT2D eigenvalue weighted by atomic mass is 79.9. The van der Waals surface area contributed by atoms with Crippen molar-refractivity contribution in [2.75, 3.05) is 25.6 Å². The number of nitrogens with zero attached hydrogens (tertiary/aromatic N) is 2. The molecule has 0 aliphatic carbocycles. The number of anilines is 2. The number of benzene rings is 2. The molecule has 2 aliphatic rings. The van der Waals surface area contributed by atoms with Gasteiger partial charge in [-0.2, -0.15) is 0 Å². The van der Waals surface area contributed by atoms with E-state index in [1.807, 2.05) is 18.2 Å². The van der Waals surface area contributed by atoms with E-state index in [1.165, 1.54) is 6.33 Å². The zero-order chi connectivity index (χ0) is 21.5. The lowest BCUT2D eigenvalue weighted by atomic mass is 10.1. The number of hydrogen-bond acceptors (Lipinski definition) is 8. The number of rotatable bonds is 5. The van der Waals surface area contributed by atoms with Crippen molar-refractivity contribution in [2.45, 2.75) is 24.4 Å². The van der Waals surface area contributed by atoms with Crippen LogP contribution in [-0.4, -0.2) is 59.8 Å². The predicted octanol–water partition coefficient (Wildman–Crippen LogP) is 3.70. The molecule has 4 atom stereocenters. The first-order valence-electron chi connectivity index (χ1n) is 9.66. The summed E-state index contributed by atoms with van der Waals surface area (Å²) in [6.07, 6.45) is -0.192. The number of aliphatic hydroxyl groups excluding tert-OH is 1. The first-order valence-corrected chi connectivity index (χ1v) is 10.8. The van der Waals surface area contributed by atoms with Gasteiger partial charge in [0.15, 0.2) is 17.6 Å². The molecule has 0 spiro atoms. The third kappa shape index (κ3) is 3.92. The van der Waals surface area contributed by atoms with Gasteiger partial charge in [-0.25, -0.2) is 9.97 Å². The number of nitrogens with one attached hydrogen (secondary N) is 1. The first kappa shape index (κ1) is 20.7. The summed E-state index contributed by atoms with van der Waals surface area (Å²) in [5.74, 6) is 1.66. The van der Waals surface area contributed by atoms with Gasteiger partial charge in [0.05, 0.1) is 30.9 Å². The van der Waals surface area contributed by atoms with Gasteiger partial charge < -0.3 is 29.4 Å². The molecule has 0 saturated carbocycles. The van der Waals surface area contributed by atoms with Crippen LogP contribution in [0.2, 0.25) is 5.02 Å². The molecule has 3 heterocycles. The molecule has 2 fully saturated rings. The maximum atomic E-state index is 9.94. The largest absolute Gasteiger partial charge is 0.493 e. The van der Waals surface area contributed by atoms with Gasteiger partial charge in [0.1, 0.15) is 30.5 Å². The molecule has 0 unspecified atom stereocenters. The fraction of sp³-hybridized carbons (Fsp3) is 0.333. The summed E-state index contributed by atoms with van der Waals surface area (Å²) in [7, 11) is 1.57. The van der Waals surface area contributed by atoms with Crippen molar-refractivity contribution in [3.05, 3.63) is 46.2 Å². The summed E-state index contributed by atoms with van der Waals surface area (Å²) in [5, 5.41) is 14.6. The summed E-state index contributed by atoms with van der Waals surface area (Å²) >= 11 is 9.59. The van der Waals surface area contributed by atoms with E-state index in [9.17, 15) is 5.11 Å². The average molecular weight is 509 g/mol. The van der Waals surface area contributed by atoms with Crippen LogP contribution >= 0.6 is 27.5 Å². The molecule has 2 aromatic carbocycles.